The van der Waals surface area contributed by atoms with Crippen LogP contribution in [0.5, 0.6) is 5.88 Å². The molecule has 0 saturated carbocycles. The van der Waals surface area contributed by atoms with Crippen LogP contribution < -0.4 is 15.2 Å². The maximum absolute atomic E-state index is 11.1. The van der Waals surface area contributed by atoms with Gasteiger partial charge in [-0.15, -0.1) is 0 Å². The lowest BCUT2D eigenvalue weighted by Gasteiger charge is -2.23. The van der Waals surface area contributed by atoms with Gasteiger partial charge in [0.2, 0.25) is 15.9 Å². The molecule has 0 bridgehead atoms. The van der Waals surface area contributed by atoms with Gasteiger partial charge in [-0.05, 0) is 31.9 Å². The van der Waals surface area contributed by atoms with Crippen LogP contribution >= 0.6 is 0 Å². The van der Waals surface area contributed by atoms with Gasteiger partial charge in [0.25, 0.3) is 0 Å². The van der Waals surface area contributed by atoms with E-state index in [9.17, 15) is 8.42 Å². The molecular weight excluding hydrogens is 266 g/mol. The van der Waals surface area contributed by atoms with Crippen LogP contribution in [-0.2, 0) is 10.0 Å². The fourth-order valence-electron chi connectivity index (χ4n) is 2.10. The van der Waals surface area contributed by atoms with Crippen molar-refractivity contribution in [1.29, 1.82) is 0 Å². The van der Waals surface area contributed by atoms with Gasteiger partial charge in [-0.1, -0.05) is 6.42 Å². The second kappa shape index (κ2) is 6.31. The van der Waals surface area contributed by atoms with Crippen molar-refractivity contribution in [3.05, 3.63) is 18.3 Å². The normalized spacial score (nSPS) is 20.2. The summed E-state index contributed by atoms with van der Waals surface area (Å²) < 4.78 is 27.6. The first kappa shape index (κ1) is 14.2. The highest BCUT2D eigenvalue weighted by molar-refractivity contribution is 7.89. The second-order valence-electron chi connectivity index (χ2n) is 4.66. The topological polar surface area (TPSA) is 94.3 Å². The molecule has 1 fully saturated rings. The molecule has 1 atom stereocenters. The summed E-state index contributed by atoms with van der Waals surface area (Å²) in [6.07, 6.45) is 5.83. The molecule has 1 aliphatic heterocycles. The number of nitrogens with one attached hydrogen (secondary N) is 1. The molecule has 1 aromatic heterocycles. The molecule has 2 rings (SSSR count). The summed E-state index contributed by atoms with van der Waals surface area (Å²) in [6, 6.07) is 3.43. The van der Waals surface area contributed by atoms with Gasteiger partial charge in [0.15, 0.2) is 0 Å². The Bertz CT molecular complexity index is 495. The lowest BCUT2D eigenvalue weighted by Crippen LogP contribution is -2.35. The summed E-state index contributed by atoms with van der Waals surface area (Å²) in [5.41, 5.74) is 0. The Morgan fingerprint density at radius 1 is 1.42 bits per heavy atom. The Morgan fingerprint density at radius 3 is 2.84 bits per heavy atom. The summed E-state index contributed by atoms with van der Waals surface area (Å²) in [7, 11) is -3.69. The minimum absolute atomic E-state index is 0.00574. The molecule has 1 saturated heterocycles. The molecular formula is C12H19N3O3S. The van der Waals surface area contributed by atoms with Crippen molar-refractivity contribution in [1.82, 2.24) is 10.3 Å². The predicted octanol–water partition coefficient (Wildman–Crippen LogP) is 0.640. The van der Waals surface area contributed by atoms with Gasteiger partial charge in [0.1, 0.15) is 4.90 Å². The molecule has 0 spiro atoms. The molecule has 0 amide bonds. The Hall–Kier alpha value is -1.18. The quantitative estimate of drug-likeness (QED) is 0.828. The first-order chi connectivity index (χ1) is 9.05. The van der Waals surface area contributed by atoms with Gasteiger partial charge >= 0.3 is 0 Å². The summed E-state index contributed by atoms with van der Waals surface area (Å²) in [6.45, 7) is 1.64. The Morgan fingerprint density at radius 2 is 2.26 bits per heavy atom. The van der Waals surface area contributed by atoms with Gasteiger partial charge in [0, 0.05) is 12.1 Å². The highest BCUT2D eigenvalue weighted by Crippen LogP contribution is 2.13. The van der Waals surface area contributed by atoms with Gasteiger partial charge < -0.3 is 10.1 Å². The van der Waals surface area contributed by atoms with Crippen LogP contribution in [0.1, 0.15) is 25.7 Å². The molecule has 1 aliphatic rings. The van der Waals surface area contributed by atoms with E-state index in [0.717, 1.165) is 13.0 Å². The van der Waals surface area contributed by atoms with Crippen LogP contribution in [0.25, 0.3) is 0 Å². The maximum atomic E-state index is 11.1. The van der Waals surface area contributed by atoms with Crippen LogP contribution in [0, 0.1) is 0 Å². The van der Waals surface area contributed by atoms with Gasteiger partial charge in [-0.2, -0.15) is 0 Å². The number of pyridine rings is 1. The Balaban J connectivity index is 1.80. The Labute approximate surface area is 113 Å². The Kier molecular flexibility index (Phi) is 4.73. The average molecular weight is 285 g/mol. The molecule has 6 nitrogen and oxygen atoms in total. The van der Waals surface area contributed by atoms with Crippen molar-refractivity contribution in [3.8, 4) is 5.88 Å². The standard InChI is InChI=1S/C12H19N3O3S/c13-19(16,17)11-4-5-12(15-9-11)18-8-6-10-3-1-2-7-14-10/h4-5,9-10,14H,1-3,6-8H2,(H2,13,16,17). The first-order valence-corrected chi connectivity index (χ1v) is 7.95. The summed E-state index contributed by atoms with van der Waals surface area (Å²) in [4.78, 5) is 3.92. The SMILES string of the molecule is NS(=O)(=O)c1ccc(OCCC2CCCCN2)nc1. The number of aromatic nitrogens is 1. The first-order valence-electron chi connectivity index (χ1n) is 6.41. The highest BCUT2D eigenvalue weighted by atomic mass is 32.2. The lowest BCUT2D eigenvalue weighted by molar-refractivity contribution is 0.260. The second-order valence-corrected chi connectivity index (χ2v) is 6.22. The third-order valence-corrected chi connectivity index (χ3v) is 4.06. The number of piperidine rings is 1. The van der Waals surface area contributed by atoms with Crippen LogP contribution in [0.15, 0.2) is 23.2 Å². The van der Waals surface area contributed by atoms with E-state index < -0.39 is 10.0 Å². The van der Waals surface area contributed by atoms with E-state index in [-0.39, 0.29) is 4.90 Å². The summed E-state index contributed by atoms with van der Waals surface area (Å²) >= 11 is 0. The zero-order valence-corrected chi connectivity index (χ0v) is 11.5. The third-order valence-electron chi connectivity index (χ3n) is 3.17. The number of primary sulfonamides is 1. The molecule has 2 heterocycles. The van der Waals surface area contributed by atoms with Crippen molar-refractivity contribution in [2.75, 3.05) is 13.2 Å². The van der Waals surface area contributed by atoms with E-state index in [1.807, 2.05) is 0 Å². The number of nitrogens with zero attached hydrogens (tertiary/aromatic N) is 1. The van der Waals surface area contributed by atoms with E-state index in [0.29, 0.717) is 18.5 Å². The van der Waals surface area contributed by atoms with Gasteiger partial charge in [-0.25, -0.2) is 18.5 Å². The van der Waals surface area contributed by atoms with Crippen molar-refractivity contribution in [2.45, 2.75) is 36.6 Å². The number of hydrogen-bond donors (Lipinski definition) is 2. The van der Waals surface area contributed by atoms with Gasteiger partial charge in [0.05, 0.1) is 12.8 Å². The van der Waals surface area contributed by atoms with E-state index >= 15 is 0 Å². The monoisotopic (exact) mass is 285 g/mol. The van der Waals surface area contributed by atoms with Crippen LogP contribution in [-0.4, -0.2) is 32.6 Å². The van der Waals surface area contributed by atoms with Crippen LogP contribution in [0.2, 0.25) is 0 Å². The fraction of sp³-hybridized carbons (Fsp3) is 0.583. The van der Waals surface area contributed by atoms with E-state index in [1.165, 1.54) is 37.6 Å². The molecule has 0 aromatic carbocycles. The zero-order valence-electron chi connectivity index (χ0n) is 10.7. The largest absolute Gasteiger partial charge is 0.478 e. The van der Waals surface area contributed by atoms with E-state index in [1.54, 1.807) is 0 Å². The fourth-order valence-corrected chi connectivity index (χ4v) is 2.55. The number of rotatable bonds is 5. The average Bonchev–Trinajstić information content (AvgIpc) is 2.39. The summed E-state index contributed by atoms with van der Waals surface area (Å²) in [5.74, 6) is 0.420. The molecule has 3 N–H and O–H groups in total. The zero-order chi connectivity index (χ0) is 13.7. The minimum atomic E-state index is -3.69. The minimum Gasteiger partial charge on any atom is -0.478 e. The van der Waals surface area contributed by atoms with E-state index in [2.05, 4.69) is 10.3 Å². The highest BCUT2D eigenvalue weighted by Gasteiger charge is 2.12. The number of hydrogen-bond acceptors (Lipinski definition) is 5. The van der Waals surface area contributed by atoms with Crippen molar-refractivity contribution in [2.24, 2.45) is 5.14 Å². The number of ether oxygens (including phenoxy) is 1. The lowest BCUT2D eigenvalue weighted by atomic mass is 10.0. The van der Waals surface area contributed by atoms with Crippen molar-refractivity contribution >= 4 is 10.0 Å². The number of sulfonamides is 1. The molecule has 7 heteroatoms. The molecule has 1 aromatic rings. The van der Waals surface area contributed by atoms with Gasteiger partial charge in [-0.3, -0.25) is 0 Å². The summed E-state index contributed by atoms with van der Waals surface area (Å²) in [5, 5.41) is 8.43. The molecule has 19 heavy (non-hydrogen) atoms. The van der Waals surface area contributed by atoms with Crippen molar-refractivity contribution in [3.63, 3.8) is 0 Å². The molecule has 106 valence electrons. The van der Waals surface area contributed by atoms with Crippen LogP contribution in [0.3, 0.4) is 0 Å². The molecule has 0 aliphatic carbocycles. The smallest absolute Gasteiger partial charge is 0.239 e. The number of nitrogens with two attached hydrogens (primary N) is 1. The van der Waals surface area contributed by atoms with E-state index in [4.69, 9.17) is 9.88 Å². The molecule has 0 radical (unpaired) electrons. The van der Waals surface area contributed by atoms with Crippen molar-refractivity contribution < 1.29 is 13.2 Å². The maximum Gasteiger partial charge on any atom is 0.239 e. The molecule has 1 unspecified atom stereocenters. The predicted molar refractivity (Wildman–Crippen MR) is 71.4 cm³/mol. The van der Waals surface area contributed by atoms with Crippen LogP contribution in [0.4, 0.5) is 0 Å². The third kappa shape index (κ3) is 4.45.